The molecule has 142 valence electrons. The van der Waals surface area contributed by atoms with Gasteiger partial charge in [-0.1, -0.05) is 11.2 Å². The Labute approximate surface area is 162 Å². The highest BCUT2D eigenvalue weighted by Crippen LogP contribution is 2.28. The Morgan fingerprint density at radius 3 is 2.82 bits per heavy atom. The topological polar surface area (TPSA) is 84.4 Å². The van der Waals surface area contributed by atoms with Crippen LogP contribution in [0.1, 0.15) is 23.0 Å². The highest BCUT2D eigenvalue weighted by atomic mass is 16.5. The van der Waals surface area contributed by atoms with E-state index in [1.54, 1.807) is 31.4 Å². The van der Waals surface area contributed by atoms with Crippen LogP contribution in [0, 0.1) is 6.92 Å². The van der Waals surface area contributed by atoms with Crippen LogP contribution < -0.4 is 10.2 Å². The summed E-state index contributed by atoms with van der Waals surface area (Å²) in [5, 5.41) is 7.52. The van der Waals surface area contributed by atoms with Crippen molar-refractivity contribution in [2.24, 2.45) is 0 Å². The summed E-state index contributed by atoms with van der Waals surface area (Å²) in [5.41, 5.74) is 3.59. The van der Waals surface area contributed by atoms with Crippen molar-refractivity contribution >= 4 is 28.4 Å². The first-order chi connectivity index (χ1) is 13.6. The van der Waals surface area contributed by atoms with Crippen molar-refractivity contribution in [1.82, 2.24) is 10.1 Å². The van der Waals surface area contributed by atoms with Crippen molar-refractivity contribution < 1.29 is 13.7 Å². The summed E-state index contributed by atoms with van der Waals surface area (Å²) in [6.07, 6.45) is 1.56. The molecule has 0 spiro atoms. The number of carbonyl (C=O) groups excluding carboxylic acids is 1. The molecule has 3 heterocycles. The van der Waals surface area contributed by atoms with Gasteiger partial charge in [0.15, 0.2) is 5.76 Å². The molecular weight excluding hydrogens is 356 g/mol. The molecule has 4 rings (SSSR count). The zero-order chi connectivity index (χ0) is 19.7. The fourth-order valence-electron chi connectivity index (χ4n) is 3.03. The van der Waals surface area contributed by atoms with Gasteiger partial charge in [-0.05, 0) is 50.2 Å². The molecule has 28 heavy (non-hydrogen) atoms. The lowest BCUT2D eigenvalue weighted by molar-refractivity contribution is 0.102. The normalized spacial score (nSPS) is 11.0. The van der Waals surface area contributed by atoms with Gasteiger partial charge in [-0.15, -0.1) is 0 Å². The third kappa shape index (κ3) is 3.22. The van der Waals surface area contributed by atoms with Crippen molar-refractivity contribution in [2.45, 2.75) is 13.8 Å². The van der Waals surface area contributed by atoms with Gasteiger partial charge >= 0.3 is 0 Å². The Morgan fingerprint density at radius 2 is 2.07 bits per heavy atom. The fourth-order valence-corrected chi connectivity index (χ4v) is 3.03. The Morgan fingerprint density at radius 1 is 1.21 bits per heavy atom. The molecular formula is C21H20N4O3. The van der Waals surface area contributed by atoms with Crippen molar-refractivity contribution in [3.63, 3.8) is 0 Å². The first kappa shape index (κ1) is 17.8. The molecule has 7 heteroatoms. The van der Waals surface area contributed by atoms with Crippen LogP contribution >= 0.6 is 0 Å². The van der Waals surface area contributed by atoms with Crippen molar-refractivity contribution in [1.29, 1.82) is 0 Å². The predicted octanol–water partition coefficient (Wildman–Crippen LogP) is 4.50. The molecule has 0 saturated carbocycles. The number of hydrogen-bond acceptors (Lipinski definition) is 6. The van der Waals surface area contributed by atoms with Crippen LogP contribution in [0.3, 0.4) is 0 Å². The number of benzene rings is 1. The molecule has 4 aromatic rings. The van der Waals surface area contributed by atoms with E-state index in [-0.39, 0.29) is 5.91 Å². The molecule has 1 aromatic carbocycles. The number of furan rings is 1. The molecule has 0 bridgehead atoms. The summed E-state index contributed by atoms with van der Waals surface area (Å²) < 4.78 is 10.7. The molecule has 0 aliphatic carbocycles. The molecule has 1 amide bonds. The molecule has 1 N–H and O–H groups in total. The third-order valence-electron chi connectivity index (χ3n) is 4.65. The summed E-state index contributed by atoms with van der Waals surface area (Å²) in [6.45, 7) is 4.73. The number of aromatic nitrogens is 2. The maximum atomic E-state index is 13.1. The highest BCUT2D eigenvalue weighted by Gasteiger charge is 2.20. The Balaban J connectivity index is 1.74. The number of nitrogens with zero attached hydrogens (tertiary/aromatic N) is 3. The second kappa shape index (κ2) is 7.19. The van der Waals surface area contributed by atoms with E-state index in [2.05, 4.69) is 27.3 Å². The Kier molecular flexibility index (Phi) is 4.57. The van der Waals surface area contributed by atoms with Crippen molar-refractivity contribution in [3.05, 3.63) is 60.0 Å². The van der Waals surface area contributed by atoms with Gasteiger partial charge in [0.2, 0.25) is 0 Å². The lowest BCUT2D eigenvalue weighted by Gasteiger charge is -2.17. The smallest absolute Gasteiger partial charge is 0.259 e. The van der Waals surface area contributed by atoms with Crippen LogP contribution in [0.5, 0.6) is 0 Å². The Bertz CT molecular complexity index is 1130. The molecule has 0 saturated heterocycles. The first-order valence-corrected chi connectivity index (χ1v) is 9.00. The van der Waals surface area contributed by atoms with Crippen LogP contribution in [0.25, 0.3) is 22.6 Å². The van der Waals surface area contributed by atoms with Gasteiger partial charge in [0.05, 0.1) is 22.9 Å². The maximum Gasteiger partial charge on any atom is 0.259 e. The van der Waals surface area contributed by atoms with Gasteiger partial charge in [0.1, 0.15) is 5.69 Å². The molecule has 7 nitrogen and oxygen atoms in total. The monoisotopic (exact) mass is 376 g/mol. The molecule has 0 atom stereocenters. The number of fused-ring (bicyclic) bond motifs is 1. The molecule has 0 radical (unpaired) electrons. The number of hydrogen-bond donors (Lipinski definition) is 1. The van der Waals surface area contributed by atoms with Gasteiger partial charge < -0.3 is 19.2 Å². The zero-order valence-electron chi connectivity index (χ0n) is 15.9. The number of carbonyl (C=O) groups is 1. The predicted molar refractivity (Wildman–Crippen MR) is 108 cm³/mol. The van der Waals surface area contributed by atoms with Crippen LogP contribution in [0.15, 0.2) is 57.7 Å². The maximum absolute atomic E-state index is 13.1. The van der Waals surface area contributed by atoms with E-state index in [0.29, 0.717) is 39.5 Å². The van der Waals surface area contributed by atoms with Gasteiger partial charge in [-0.3, -0.25) is 4.79 Å². The summed E-state index contributed by atoms with van der Waals surface area (Å²) in [7, 11) is 2.00. The second-order valence-electron chi connectivity index (χ2n) is 6.50. The molecule has 0 aliphatic heterocycles. The lowest BCUT2D eigenvalue weighted by atomic mass is 10.1. The minimum atomic E-state index is -0.261. The molecule has 0 fully saturated rings. The van der Waals surface area contributed by atoms with E-state index in [1.807, 2.05) is 31.3 Å². The minimum Gasteiger partial charge on any atom is -0.463 e. The SMILES string of the molecule is CCN(C)c1cccc(NC(=O)c2cc(-c3ccco3)nc3onc(C)c23)c1. The number of pyridine rings is 1. The van der Waals surface area contributed by atoms with Crippen LogP contribution in [-0.4, -0.2) is 29.6 Å². The summed E-state index contributed by atoms with van der Waals surface area (Å²) in [5.74, 6) is 0.291. The second-order valence-corrected chi connectivity index (χ2v) is 6.50. The molecule has 3 aromatic heterocycles. The lowest BCUT2D eigenvalue weighted by Crippen LogP contribution is -2.17. The largest absolute Gasteiger partial charge is 0.463 e. The number of aryl methyl sites for hydroxylation is 1. The van der Waals surface area contributed by atoms with E-state index in [4.69, 9.17) is 8.94 Å². The van der Waals surface area contributed by atoms with Gasteiger partial charge in [0, 0.05) is 25.0 Å². The van der Waals surface area contributed by atoms with Gasteiger partial charge in [-0.2, -0.15) is 0 Å². The van der Waals surface area contributed by atoms with Crippen molar-refractivity contribution in [2.75, 3.05) is 23.8 Å². The quantitative estimate of drug-likeness (QED) is 0.552. The van der Waals surface area contributed by atoms with E-state index in [9.17, 15) is 4.79 Å². The minimum absolute atomic E-state index is 0.261. The van der Waals surface area contributed by atoms with Gasteiger partial charge in [0.25, 0.3) is 11.6 Å². The van der Waals surface area contributed by atoms with E-state index in [1.165, 1.54) is 0 Å². The number of rotatable bonds is 5. The Hall–Kier alpha value is -3.61. The van der Waals surface area contributed by atoms with E-state index < -0.39 is 0 Å². The van der Waals surface area contributed by atoms with Crippen LogP contribution in [0.4, 0.5) is 11.4 Å². The molecule has 0 unspecified atom stereocenters. The number of nitrogens with one attached hydrogen (secondary N) is 1. The van der Waals surface area contributed by atoms with E-state index in [0.717, 1.165) is 12.2 Å². The van der Waals surface area contributed by atoms with Gasteiger partial charge in [-0.25, -0.2) is 4.98 Å². The summed E-state index contributed by atoms with van der Waals surface area (Å²) >= 11 is 0. The first-order valence-electron chi connectivity index (χ1n) is 9.00. The van der Waals surface area contributed by atoms with E-state index >= 15 is 0 Å². The standard InChI is InChI=1S/C21H20N4O3/c1-4-25(3)15-8-5-7-14(11-15)22-20(26)16-12-17(18-9-6-10-27-18)23-21-19(16)13(2)24-28-21/h5-12H,4H2,1-3H3,(H,22,26). The highest BCUT2D eigenvalue weighted by molar-refractivity contribution is 6.13. The summed E-state index contributed by atoms with van der Waals surface area (Å²) in [6, 6.07) is 13.0. The third-order valence-corrected chi connectivity index (χ3v) is 4.65. The number of anilines is 2. The summed E-state index contributed by atoms with van der Waals surface area (Å²) in [4.78, 5) is 19.6. The number of amides is 1. The average molecular weight is 376 g/mol. The average Bonchev–Trinajstić information content (AvgIpc) is 3.37. The van der Waals surface area contributed by atoms with Crippen LogP contribution in [-0.2, 0) is 0 Å². The fraction of sp³-hybridized carbons (Fsp3) is 0.190. The van der Waals surface area contributed by atoms with Crippen molar-refractivity contribution in [3.8, 4) is 11.5 Å². The zero-order valence-corrected chi connectivity index (χ0v) is 15.9. The van der Waals surface area contributed by atoms with Crippen LogP contribution in [0.2, 0.25) is 0 Å². The molecule has 0 aliphatic rings.